The first-order valence-corrected chi connectivity index (χ1v) is 10.5. The number of benzene rings is 1. The molecule has 146 valence electrons. The number of aromatic nitrogens is 2. The van der Waals surface area contributed by atoms with Crippen molar-refractivity contribution in [3.8, 4) is 5.75 Å². The zero-order valence-corrected chi connectivity index (χ0v) is 16.2. The van der Waals surface area contributed by atoms with E-state index in [2.05, 4.69) is 24.0 Å². The number of carbonyl (C=O) groups excluding carboxylic acids is 1. The first kappa shape index (κ1) is 19.3. The average Bonchev–Trinajstić information content (AvgIpc) is 3.10. The lowest BCUT2D eigenvalue weighted by Crippen LogP contribution is -2.44. The fourth-order valence-electron chi connectivity index (χ4n) is 3.27. The molecule has 0 N–H and O–H groups in total. The van der Waals surface area contributed by atoms with Crippen LogP contribution in [-0.4, -0.2) is 48.3 Å². The van der Waals surface area contributed by atoms with Crippen LogP contribution < -0.4 is 4.74 Å². The van der Waals surface area contributed by atoms with Crippen molar-refractivity contribution in [3.05, 3.63) is 36.2 Å². The molecule has 27 heavy (non-hydrogen) atoms. The van der Waals surface area contributed by atoms with Gasteiger partial charge < -0.3 is 14.1 Å². The lowest BCUT2D eigenvalue weighted by molar-refractivity contribution is -0.131. The van der Waals surface area contributed by atoms with E-state index in [1.807, 2.05) is 18.2 Å². The number of sulfone groups is 1. The van der Waals surface area contributed by atoms with Gasteiger partial charge in [0.25, 0.3) is 5.89 Å². The molecule has 0 aliphatic carbocycles. The van der Waals surface area contributed by atoms with Gasteiger partial charge in [0.05, 0.1) is 0 Å². The number of para-hydroxylation sites is 1. The molecule has 0 bridgehead atoms. The SMILES string of the molecule is CC1CC(C)CN(C(=O)CS(=O)(=O)c2nnc(COc3ccccc3)o2)C1. The fraction of sp³-hybridized carbons (Fsp3) is 0.500. The van der Waals surface area contributed by atoms with E-state index in [0.29, 0.717) is 30.7 Å². The maximum absolute atomic E-state index is 12.5. The summed E-state index contributed by atoms with van der Waals surface area (Å²) in [6.45, 7) is 5.20. The number of amides is 1. The predicted octanol–water partition coefficient (Wildman–Crippen LogP) is 1.93. The summed E-state index contributed by atoms with van der Waals surface area (Å²) in [4.78, 5) is 14.0. The zero-order valence-electron chi connectivity index (χ0n) is 15.4. The summed E-state index contributed by atoms with van der Waals surface area (Å²) >= 11 is 0. The van der Waals surface area contributed by atoms with Gasteiger partial charge in [-0.05, 0) is 30.4 Å². The minimum absolute atomic E-state index is 0.0325. The zero-order chi connectivity index (χ0) is 19.4. The molecular formula is C18H23N3O5S. The number of nitrogens with zero attached hydrogens (tertiary/aromatic N) is 3. The van der Waals surface area contributed by atoms with Crippen LogP contribution in [0.4, 0.5) is 0 Å². The molecule has 2 heterocycles. The van der Waals surface area contributed by atoms with Gasteiger partial charge in [0, 0.05) is 13.1 Å². The molecule has 9 heteroatoms. The Kier molecular flexibility index (Phi) is 5.79. The molecular weight excluding hydrogens is 370 g/mol. The predicted molar refractivity (Wildman–Crippen MR) is 96.6 cm³/mol. The van der Waals surface area contributed by atoms with Crippen LogP contribution in [0.5, 0.6) is 5.75 Å². The molecule has 3 rings (SSSR count). The number of hydrogen-bond acceptors (Lipinski definition) is 7. The van der Waals surface area contributed by atoms with Crippen molar-refractivity contribution < 1.29 is 22.4 Å². The Morgan fingerprint density at radius 2 is 1.85 bits per heavy atom. The first-order chi connectivity index (χ1) is 12.8. The van der Waals surface area contributed by atoms with Crippen LogP contribution in [0.2, 0.25) is 0 Å². The van der Waals surface area contributed by atoms with E-state index in [0.717, 1.165) is 6.42 Å². The van der Waals surface area contributed by atoms with E-state index < -0.39 is 26.7 Å². The van der Waals surface area contributed by atoms with Gasteiger partial charge in [0.15, 0.2) is 6.61 Å². The van der Waals surface area contributed by atoms with Crippen LogP contribution in [-0.2, 0) is 21.2 Å². The second-order valence-corrected chi connectivity index (χ2v) is 8.93. The van der Waals surface area contributed by atoms with E-state index in [1.54, 1.807) is 17.0 Å². The Morgan fingerprint density at radius 3 is 2.52 bits per heavy atom. The van der Waals surface area contributed by atoms with Gasteiger partial charge in [-0.3, -0.25) is 4.79 Å². The third-order valence-corrected chi connectivity index (χ3v) is 5.68. The summed E-state index contributed by atoms with van der Waals surface area (Å²) in [6, 6.07) is 8.99. The molecule has 1 aromatic heterocycles. The van der Waals surface area contributed by atoms with Gasteiger partial charge in [-0.15, -0.1) is 5.10 Å². The summed E-state index contributed by atoms with van der Waals surface area (Å²) in [5.41, 5.74) is 0. The standard InChI is InChI=1S/C18H23N3O5S/c1-13-8-14(2)10-21(9-13)17(22)12-27(23,24)18-20-19-16(26-18)11-25-15-6-4-3-5-7-15/h3-7,13-14H,8-12H2,1-2H3. The quantitative estimate of drug-likeness (QED) is 0.739. The van der Waals surface area contributed by atoms with Gasteiger partial charge in [-0.1, -0.05) is 37.1 Å². The Balaban J connectivity index is 1.61. The Bertz CT molecular complexity index is 871. The van der Waals surface area contributed by atoms with E-state index >= 15 is 0 Å². The maximum atomic E-state index is 12.5. The van der Waals surface area contributed by atoms with E-state index in [-0.39, 0.29) is 12.5 Å². The minimum atomic E-state index is -3.99. The fourth-order valence-corrected chi connectivity index (χ4v) is 4.29. The van der Waals surface area contributed by atoms with Crippen LogP contribution in [0, 0.1) is 11.8 Å². The second kappa shape index (κ2) is 8.08. The number of hydrogen-bond donors (Lipinski definition) is 0. The Labute approximate surface area is 158 Å². The number of carbonyl (C=O) groups is 1. The second-order valence-electron chi connectivity index (χ2n) is 7.07. The molecule has 1 aliphatic heterocycles. The first-order valence-electron chi connectivity index (χ1n) is 8.84. The highest BCUT2D eigenvalue weighted by atomic mass is 32.2. The summed E-state index contributed by atoms with van der Waals surface area (Å²) < 4.78 is 35.5. The molecule has 2 aromatic rings. The van der Waals surface area contributed by atoms with E-state index in [4.69, 9.17) is 9.15 Å². The van der Waals surface area contributed by atoms with Crippen molar-refractivity contribution in [1.82, 2.24) is 15.1 Å². The molecule has 1 fully saturated rings. The van der Waals surface area contributed by atoms with Gasteiger partial charge in [0.2, 0.25) is 15.7 Å². The monoisotopic (exact) mass is 393 g/mol. The summed E-state index contributed by atoms with van der Waals surface area (Å²) in [6.07, 6.45) is 1.03. The highest BCUT2D eigenvalue weighted by Gasteiger charge is 2.31. The van der Waals surface area contributed by atoms with Gasteiger partial charge in [0.1, 0.15) is 11.5 Å². The molecule has 8 nitrogen and oxygen atoms in total. The number of likely N-dealkylation sites (tertiary alicyclic amines) is 1. The lowest BCUT2D eigenvalue weighted by atomic mass is 9.92. The maximum Gasteiger partial charge on any atom is 0.336 e. The third-order valence-electron chi connectivity index (χ3n) is 4.35. The van der Waals surface area contributed by atoms with Gasteiger partial charge >= 0.3 is 5.22 Å². The van der Waals surface area contributed by atoms with Crippen molar-refractivity contribution in [1.29, 1.82) is 0 Å². The van der Waals surface area contributed by atoms with E-state index in [9.17, 15) is 13.2 Å². The molecule has 0 radical (unpaired) electrons. The van der Waals surface area contributed by atoms with Crippen LogP contribution in [0.3, 0.4) is 0 Å². The molecule has 2 atom stereocenters. The molecule has 0 spiro atoms. The molecule has 1 aliphatic rings. The van der Waals surface area contributed by atoms with E-state index in [1.165, 1.54) is 0 Å². The smallest absolute Gasteiger partial charge is 0.336 e. The molecule has 1 amide bonds. The van der Waals surface area contributed by atoms with Crippen LogP contribution in [0.25, 0.3) is 0 Å². The summed E-state index contributed by atoms with van der Waals surface area (Å²) in [5, 5.41) is 6.71. The largest absolute Gasteiger partial charge is 0.484 e. The van der Waals surface area contributed by atoms with Gasteiger partial charge in [-0.25, -0.2) is 8.42 Å². The van der Waals surface area contributed by atoms with Crippen LogP contribution >= 0.6 is 0 Å². The van der Waals surface area contributed by atoms with Crippen molar-refractivity contribution in [3.63, 3.8) is 0 Å². The van der Waals surface area contributed by atoms with Crippen LogP contribution in [0.1, 0.15) is 26.2 Å². The van der Waals surface area contributed by atoms with Crippen molar-refractivity contribution in [2.75, 3.05) is 18.8 Å². The molecule has 1 aromatic carbocycles. The van der Waals surface area contributed by atoms with Crippen molar-refractivity contribution in [2.45, 2.75) is 32.1 Å². The summed E-state index contributed by atoms with van der Waals surface area (Å²) in [7, 11) is -3.99. The number of ether oxygens (including phenoxy) is 1. The highest BCUT2D eigenvalue weighted by molar-refractivity contribution is 7.91. The van der Waals surface area contributed by atoms with Crippen LogP contribution in [0.15, 0.2) is 40.0 Å². The normalized spacial score (nSPS) is 20.4. The van der Waals surface area contributed by atoms with Crippen molar-refractivity contribution >= 4 is 15.7 Å². The van der Waals surface area contributed by atoms with Gasteiger partial charge in [-0.2, -0.15) is 0 Å². The molecule has 1 saturated heterocycles. The number of piperidine rings is 1. The minimum Gasteiger partial charge on any atom is -0.484 e. The molecule has 2 unspecified atom stereocenters. The third kappa shape index (κ3) is 5.06. The average molecular weight is 393 g/mol. The topological polar surface area (TPSA) is 103 Å². The highest BCUT2D eigenvalue weighted by Crippen LogP contribution is 2.22. The summed E-state index contributed by atoms with van der Waals surface area (Å²) in [5.74, 6) is 0.228. The Morgan fingerprint density at radius 1 is 1.19 bits per heavy atom. The lowest BCUT2D eigenvalue weighted by Gasteiger charge is -2.34. The Hall–Kier alpha value is -2.42. The van der Waals surface area contributed by atoms with Crippen molar-refractivity contribution in [2.24, 2.45) is 11.8 Å². The molecule has 0 saturated carbocycles. The number of rotatable bonds is 6.